The van der Waals surface area contributed by atoms with Gasteiger partial charge in [0.25, 0.3) is 15.9 Å². The topological polar surface area (TPSA) is 75.7 Å². The molecule has 0 aliphatic rings. The molecule has 0 unspecified atom stereocenters. The molecule has 0 saturated heterocycles. The Hall–Kier alpha value is -2.97. The Morgan fingerprint density at radius 2 is 1.60 bits per heavy atom. The van der Waals surface area contributed by atoms with Crippen molar-refractivity contribution in [2.75, 3.05) is 30.0 Å². The van der Waals surface area contributed by atoms with Crippen molar-refractivity contribution in [1.29, 1.82) is 0 Å². The molecule has 3 aromatic rings. The van der Waals surface area contributed by atoms with Crippen LogP contribution in [0.2, 0.25) is 0 Å². The van der Waals surface area contributed by atoms with Crippen molar-refractivity contribution in [3.8, 4) is 5.75 Å². The number of amides is 1. The van der Waals surface area contributed by atoms with E-state index in [1.54, 1.807) is 36.0 Å². The minimum absolute atomic E-state index is 0.0804. The maximum atomic E-state index is 13.0. The van der Waals surface area contributed by atoms with Gasteiger partial charge in [0.05, 0.1) is 17.7 Å². The molecule has 0 radical (unpaired) electrons. The molecule has 30 heavy (non-hydrogen) atoms. The highest BCUT2D eigenvalue weighted by molar-refractivity contribution is 7.98. The van der Waals surface area contributed by atoms with E-state index in [0.29, 0.717) is 22.7 Å². The van der Waals surface area contributed by atoms with Gasteiger partial charge >= 0.3 is 0 Å². The van der Waals surface area contributed by atoms with E-state index in [1.165, 1.54) is 38.4 Å². The number of hydrogen-bond donors (Lipinski definition) is 1. The fraction of sp³-hybridized carbons (Fsp3) is 0.136. The number of para-hydroxylation sites is 2. The summed E-state index contributed by atoms with van der Waals surface area (Å²) >= 11 is 1.62. The van der Waals surface area contributed by atoms with Crippen LogP contribution < -0.4 is 14.4 Å². The molecule has 0 aromatic heterocycles. The Bertz CT molecular complexity index is 1130. The molecule has 3 rings (SSSR count). The van der Waals surface area contributed by atoms with Gasteiger partial charge in [-0.25, -0.2) is 8.42 Å². The average Bonchev–Trinajstić information content (AvgIpc) is 2.79. The number of nitrogens with one attached hydrogen (secondary N) is 1. The third-order valence-corrected chi connectivity index (χ3v) is 7.08. The van der Waals surface area contributed by atoms with Crippen molar-refractivity contribution in [1.82, 2.24) is 0 Å². The summed E-state index contributed by atoms with van der Waals surface area (Å²) in [7, 11) is -0.863. The zero-order valence-corrected chi connectivity index (χ0v) is 18.5. The van der Waals surface area contributed by atoms with Gasteiger partial charge in [-0.1, -0.05) is 12.1 Å². The van der Waals surface area contributed by atoms with Crippen molar-refractivity contribution in [3.63, 3.8) is 0 Å². The molecule has 0 bridgehead atoms. The fourth-order valence-electron chi connectivity index (χ4n) is 2.83. The molecule has 0 aliphatic heterocycles. The second kappa shape index (κ2) is 9.23. The lowest BCUT2D eigenvalue weighted by Gasteiger charge is -2.21. The second-order valence-corrected chi connectivity index (χ2v) is 9.20. The van der Waals surface area contributed by atoms with E-state index < -0.39 is 10.0 Å². The molecule has 0 fully saturated rings. The third-order valence-electron chi connectivity index (χ3n) is 4.55. The SMILES string of the molecule is COc1ccccc1N(C)S(=O)(=O)c1ccc(C(=O)Nc2ccc(SC)cc2)cc1. The van der Waals surface area contributed by atoms with Crippen LogP contribution in [-0.2, 0) is 10.0 Å². The van der Waals surface area contributed by atoms with Crippen LogP contribution in [0.1, 0.15) is 10.4 Å². The minimum atomic E-state index is -3.81. The number of carbonyl (C=O) groups excluding carboxylic acids is 1. The van der Waals surface area contributed by atoms with Crippen LogP contribution in [0, 0.1) is 0 Å². The van der Waals surface area contributed by atoms with Crippen molar-refractivity contribution in [3.05, 3.63) is 78.4 Å². The Morgan fingerprint density at radius 1 is 0.967 bits per heavy atom. The van der Waals surface area contributed by atoms with Crippen LogP contribution in [-0.4, -0.2) is 34.7 Å². The van der Waals surface area contributed by atoms with Gasteiger partial charge in [-0.3, -0.25) is 9.10 Å². The summed E-state index contributed by atoms with van der Waals surface area (Å²) in [5.41, 5.74) is 1.46. The van der Waals surface area contributed by atoms with Crippen molar-refractivity contribution in [2.24, 2.45) is 0 Å². The predicted octanol–water partition coefficient (Wildman–Crippen LogP) is 4.49. The van der Waals surface area contributed by atoms with Gasteiger partial charge in [-0.2, -0.15) is 0 Å². The summed E-state index contributed by atoms with van der Waals surface area (Å²) in [6.45, 7) is 0. The van der Waals surface area contributed by atoms with Crippen molar-refractivity contribution >= 4 is 39.1 Å². The normalized spacial score (nSPS) is 11.0. The Labute approximate surface area is 180 Å². The van der Waals surface area contributed by atoms with Gasteiger partial charge < -0.3 is 10.1 Å². The van der Waals surface area contributed by atoms with Gasteiger partial charge in [0.2, 0.25) is 0 Å². The highest BCUT2D eigenvalue weighted by Crippen LogP contribution is 2.31. The zero-order valence-electron chi connectivity index (χ0n) is 16.8. The summed E-state index contributed by atoms with van der Waals surface area (Å²) in [4.78, 5) is 13.7. The summed E-state index contributed by atoms with van der Waals surface area (Å²) in [5.74, 6) is 0.140. The van der Waals surface area contributed by atoms with Crippen LogP contribution in [0.3, 0.4) is 0 Å². The second-order valence-electron chi connectivity index (χ2n) is 6.35. The first-order chi connectivity index (χ1) is 14.4. The Kier molecular flexibility index (Phi) is 6.69. The summed E-state index contributed by atoms with van der Waals surface area (Å²) in [6, 6.07) is 20.2. The lowest BCUT2D eigenvalue weighted by Crippen LogP contribution is -2.27. The van der Waals surface area contributed by atoms with E-state index in [0.717, 1.165) is 9.20 Å². The Morgan fingerprint density at radius 3 is 2.20 bits per heavy atom. The molecule has 0 heterocycles. The maximum absolute atomic E-state index is 13.0. The molecule has 0 aliphatic carbocycles. The third kappa shape index (κ3) is 4.60. The highest BCUT2D eigenvalue weighted by Gasteiger charge is 2.24. The first kappa shape index (κ1) is 21.7. The first-order valence-corrected chi connectivity index (χ1v) is 11.7. The number of rotatable bonds is 7. The maximum Gasteiger partial charge on any atom is 0.264 e. The number of nitrogens with zero attached hydrogens (tertiary/aromatic N) is 1. The van der Waals surface area contributed by atoms with E-state index in [1.807, 2.05) is 30.5 Å². The smallest absolute Gasteiger partial charge is 0.264 e. The van der Waals surface area contributed by atoms with Crippen LogP contribution in [0.25, 0.3) is 0 Å². The number of carbonyl (C=O) groups is 1. The predicted molar refractivity (Wildman–Crippen MR) is 121 cm³/mol. The number of benzene rings is 3. The zero-order chi connectivity index (χ0) is 21.7. The van der Waals surface area contributed by atoms with Crippen molar-refractivity contribution < 1.29 is 17.9 Å². The number of hydrogen-bond acceptors (Lipinski definition) is 5. The standard InChI is InChI=1S/C22H22N2O4S2/c1-24(20-6-4-5-7-21(20)28-2)30(26,27)19-14-8-16(9-15-19)22(25)23-17-10-12-18(29-3)13-11-17/h4-15H,1-3H3,(H,23,25). The van der Waals surface area contributed by atoms with Crippen LogP contribution in [0.4, 0.5) is 11.4 Å². The van der Waals surface area contributed by atoms with Crippen LogP contribution in [0.15, 0.2) is 82.6 Å². The summed E-state index contributed by atoms with van der Waals surface area (Å²) < 4.78 is 32.4. The van der Waals surface area contributed by atoms with Crippen LogP contribution in [0.5, 0.6) is 5.75 Å². The highest BCUT2D eigenvalue weighted by atomic mass is 32.2. The molecule has 6 nitrogen and oxygen atoms in total. The lowest BCUT2D eigenvalue weighted by molar-refractivity contribution is 0.102. The quantitative estimate of drug-likeness (QED) is 0.546. The molecular formula is C22H22N2O4S2. The average molecular weight is 443 g/mol. The molecule has 3 aromatic carbocycles. The Balaban J connectivity index is 1.79. The van der Waals surface area contributed by atoms with E-state index >= 15 is 0 Å². The van der Waals surface area contributed by atoms with Crippen LogP contribution >= 0.6 is 11.8 Å². The molecular weight excluding hydrogens is 420 g/mol. The van der Waals surface area contributed by atoms with E-state index in [-0.39, 0.29) is 10.8 Å². The lowest BCUT2D eigenvalue weighted by atomic mass is 10.2. The summed E-state index contributed by atoms with van der Waals surface area (Å²) in [5, 5.41) is 2.81. The minimum Gasteiger partial charge on any atom is -0.495 e. The molecule has 0 saturated carbocycles. The number of ether oxygens (including phenoxy) is 1. The largest absolute Gasteiger partial charge is 0.495 e. The molecule has 0 spiro atoms. The number of thioether (sulfide) groups is 1. The van der Waals surface area contributed by atoms with Gasteiger partial charge in [0.1, 0.15) is 5.75 Å². The van der Waals surface area contributed by atoms with Gasteiger partial charge in [-0.05, 0) is 66.9 Å². The van der Waals surface area contributed by atoms with Gasteiger partial charge in [0, 0.05) is 23.2 Å². The number of sulfonamides is 1. The van der Waals surface area contributed by atoms with E-state index in [2.05, 4.69) is 5.32 Å². The molecule has 1 N–H and O–H groups in total. The molecule has 0 atom stereocenters. The molecule has 1 amide bonds. The number of methoxy groups -OCH3 is 1. The van der Waals surface area contributed by atoms with Crippen molar-refractivity contribution in [2.45, 2.75) is 9.79 Å². The van der Waals surface area contributed by atoms with E-state index in [4.69, 9.17) is 4.74 Å². The fourth-order valence-corrected chi connectivity index (χ4v) is 4.45. The first-order valence-electron chi connectivity index (χ1n) is 9.04. The molecule has 156 valence electrons. The van der Waals surface area contributed by atoms with Gasteiger partial charge in [0.15, 0.2) is 0 Å². The van der Waals surface area contributed by atoms with E-state index in [9.17, 15) is 13.2 Å². The number of anilines is 2. The molecule has 8 heteroatoms. The van der Waals surface area contributed by atoms with Gasteiger partial charge in [-0.15, -0.1) is 11.8 Å². The summed E-state index contributed by atoms with van der Waals surface area (Å²) in [6.07, 6.45) is 1.98. The monoisotopic (exact) mass is 442 g/mol.